The first kappa shape index (κ1) is 23.3. The number of methoxy groups -OCH3 is 1. The number of amides is 1. The fourth-order valence-electron chi connectivity index (χ4n) is 2.26. The second-order valence-corrected chi connectivity index (χ2v) is 9.12. The molecule has 2 rings (SSSR count). The summed E-state index contributed by atoms with van der Waals surface area (Å²) in [4.78, 5) is 14.2. The van der Waals surface area contributed by atoms with E-state index in [4.69, 9.17) is 32.7 Å². The van der Waals surface area contributed by atoms with E-state index in [1.54, 1.807) is 6.07 Å². The van der Waals surface area contributed by atoms with E-state index in [9.17, 15) is 13.2 Å². The van der Waals surface area contributed by atoms with Crippen LogP contribution in [0.3, 0.4) is 0 Å². The SMILES string of the molecule is COc1cc(C(=O)NNS(=O)(=O)c2cc(Cl)cc(Cl)c2)ccc1OCCC(C)C. The van der Waals surface area contributed by atoms with Crippen LogP contribution in [0.4, 0.5) is 0 Å². The van der Waals surface area contributed by atoms with Gasteiger partial charge in [0, 0.05) is 15.6 Å². The molecule has 0 saturated heterocycles. The molecule has 158 valence electrons. The molecule has 0 fully saturated rings. The van der Waals surface area contributed by atoms with Gasteiger partial charge in [0.25, 0.3) is 15.9 Å². The Labute approximate surface area is 180 Å². The molecule has 0 saturated carbocycles. The first-order valence-electron chi connectivity index (χ1n) is 8.71. The maximum Gasteiger partial charge on any atom is 0.266 e. The van der Waals surface area contributed by atoms with Gasteiger partial charge in [-0.1, -0.05) is 37.0 Å². The van der Waals surface area contributed by atoms with Crippen LogP contribution in [-0.2, 0) is 10.0 Å². The van der Waals surface area contributed by atoms with Gasteiger partial charge in [0.15, 0.2) is 11.5 Å². The maximum atomic E-state index is 12.4. The minimum atomic E-state index is -4.06. The molecule has 0 unspecified atom stereocenters. The zero-order chi connectivity index (χ0) is 21.6. The van der Waals surface area contributed by atoms with Gasteiger partial charge < -0.3 is 9.47 Å². The second-order valence-electron chi connectivity index (χ2n) is 6.56. The molecule has 0 spiro atoms. The van der Waals surface area contributed by atoms with E-state index in [-0.39, 0.29) is 20.5 Å². The van der Waals surface area contributed by atoms with Crippen LogP contribution < -0.4 is 19.7 Å². The Balaban J connectivity index is 2.08. The second kappa shape index (κ2) is 10.2. The quantitative estimate of drug-likeness (QED) is 0.550. The molecule has 0 aromatic heterocycles. The molecular formula is C19H22Cl2N2O5S. The lowest BCUT2D eigenvalue weighted by Gasteiger charge is -2.13. The molecule has 1 amide bonds. The minimum Gasteiger partial charge on any atom is -0.493 e. The Kier molecular flexibility index (Phi) is 8.15. The molecule has 0 atom stereocenters. The molecule has 10 heteroatoms. The number of hydrogen-bond donors (Lipinski definition) is 2. The summed E-state index contributed by atoms with van der Waals surface area (Å²) in [6.07, 6.45) is 0.876. The average molecular weight is 461 g/mol. The summed E-state index contributed by atoms with van der Waals surface area (Å²) in [7, 11) is -2.60. The molecule has 2 N–H and O–H groups in total. The molecular weight excluding hydrogens is 439 g/mol. The number of carbonyl (C=O) groups excluding carboxylic acids is 1. The Morgan fingerprint density at radius 2 is 1.72 bits per heavy atom. The fourth-order valence-corrected chi connectivity index (χ4v) is 3.83. The van der Waals surface area contributed by atoms with Gasteiger partial charge in [0.2, 0.25) is 0 Å². The number of halogens is 2. The van der Waals surface area contributed by atoms with Crippen molar-refractivity contribution in [1.29, 1.82) is 0 Å². The van der Waals surface area contributed by atoms with E-state index in [1.165, 1.54) is 37.4 Å². The lowest BCUT2D eigenvalue weighted by molar-refractivity contribution is 0.0944. The average Bonchev–Trinajstić information content (AvgIpc) is 2.65. The zero-order valence-corrected chi connectivity index (χ0v) is 18.5. The lowest BCUT2D eigenvalue weighted by atomic mass is 10.1. The molecule has 2 aromatic carbocycles. The molecule has 0 heterocycles. The number of hydrazine groups is 1. The van der Waals surface area contributed by atoms with Crippen molar-refractivity contribution in [2.75, 3.05) is 13.7 Å². The third-order valence-electron chi connectivity index (χ3n) is 3.82. The van der Waals surface area contributed by atoms with Crippen molar-refractivity contribution >= 4 is 39.1 Å². The Hall–Kier alpha value is -2.00. The Morgan fingerprint density at radius 1 is 1.07 bits per heavy atom. The monoisotopic (exact) mass is 460 g/mol. The predicted octanol–water partition coefficient (Wildman–Crippen LogP) is 4.05. The molecule has 2 aromatic rings. The standard InChI is InChI=1S/C19H22Cl2N2O5S/c1-12(2)6-7-28-17-5-4-13(8-18(17)27-3)19(24)22-23-29(25,26)16-10-14(20)9-15(21)11-16/h4-5,8-12,23H,6-7H2,1-3H3,(H,22,24). The summed E-state index contributed by atoms with van der Waals surface area (Å²) >= 11 is 11.7. The van der Waals surface area contributed by atoms with Gasteiger partial charge in [0.05, 0.1) is 18.6 Å². The first-order valence-corrected chi connectivity index (χ1v) is 11.0. The van der Waals surface area contributed by atoms with Gasteiger partial charge >= 0.3 is 0 Å². The van der Waals surface area contributed by atoms with Crippen molar-refractivity contribution in [1.82, 2.24) is 10.3 Å². The van der Waals surface area contributed by atoms with Crippen LogP contribution >= 0.6 is 23.2 Å². The first-order chi connectivity index (χ1) is 13.6. The Morgan fingerprint density at radius 3 is 2.31 bits per heavy atom. The number of benzene rings is 2. The summed E-state index contributed by atoms with van der Waals surface area (Å²) in [6, 6.07) is 8.40. The van der Waals surface area contributed by atoms with E-state index in [1.807, 2.05) is 4.83 Å². The third kappa shape index (κ3) is 6.78. The van der Waals surface area contributed by atoms with E-state index < -0.39 is 15.9 Å². The number of hydrogen-bond acceptors (Lipinski definition) is 5. The zero-order valence-electron chi connectivity index (χ0n) is 16.2. The fraction of sp³-hybridized carbons (Fsp3) is 0.316. The predicted molar refractivity (Wildman–Crippen MR) is 112 cm³/mol. The lowest BCUT2D eigenvalue weighted by Crippen LogP contribution is -2.41. The largest absolute Gasteiger partial charge is 0.493 e. The summed E-state index contributed by atoms with van der Waals surface area (Å²) < 4.78 is 35.6. The van der Waals surface area contributed by atoms with Crippen molar-refractivity contribution in [3.63, 3.8) is 0 Å². The van der Waals surface area contributed by atoms with Crippen LogP contribution in [0, 0.1) is 5.92 Å². The van der Waals surface area contributed by atoms with Gasteiger partial charge in [-0.2, -0.15) is 0 Å². The van der Waals surface area contributed by atoms with Crippen LogP contribution in [-0.4, -0.2) is 28.0 Å². The van der Waals surface area contributed by atoms with Crippen LogP contribution in [0.1, 0.15) is 30.6 Å². The number of nitrogens with one attached hydrogen (secondary N) is 2. The number of ether oxygens (including phenoxy) is 2. The molecule has 0 aliphatic rings. The van der Waals surface area contributed by atoms with Gasteiger partial charge in [-0.25, -0.2) is 8.42 Å². The van der Waals surface area contributed by atoms with Gasteiger partial charge in [-0.15, -0.1) is 4.83 Å². The van der Waals surface area contributed by atoms with Crippen LogP contribution in [0.2, 0.25) is 10.0 Å². The van der Waals surface area contributed by atoms with Crippen LogP contribution in [0.15, 0.2) is 41.3 Å². The highest BCUT2D eigenvalue weighted by atomic mass is 35.5. The molecule has 0 radical (unpaired) electrons. The van der Waals surface area contributed by atoms with E-state index in [0.29, 0.717) is 24.0 Å². The van der Waals surface area contributed by atoms with Crippen LogP contribution in [0.25, 0.3) is 0 Å². The van der Waals surface area contributed by atoms with Gasteiger partial charge in [-0.05, 0) is 48.7 Å². The van der Waals surface area contributed by atoms with Crippen molar-refractivity contribution in [2.45, 2.75) is 25.2 Å². The van der Waals surface area contributed by atoms with E-state index >= 15 is 0 Å². The highest BCUT2D eigenvalue weighted by molar-refractivity contribution is 7.89. The normalized spacial score (nSPS) is 11.4. The molecule has 0 aliphatic carbocycles. The van der Waals surface area contributed by atoms with Crippen molar-refractivity contribution in [2.24, 2.45) is 5.92 Å². The highest BCUT2D eigenvalue weighted by Gasteiger charge is 2.18. The van der Waals surface area contributed by atoms with Crippen molar-refractivity contribution < 1.29 is 22.7 Å². The topological polar surface area (TPSA) is 93.7 Å². The molecule has 7 nitrogen and oxygen atoms in total. The van der Waals surface area contributed by atoms with Crippen molar-refractivity contribution in [3.05, 3.63) is 52.0 Å². The highest BCUT2D eigenvalue weighted by Crippen LogP contribution is 2.28. The minimum absolute atomic E-state index is 0.155. The summed E-state index contributed by atoms with van der Waals surface area (Å²) in [5.74, 6) is 0.687. The van der Waals surface area contributed by atoms with Crippen molar-refractivity contribution in [3.8, 4) is 11.5 Å². The molecule has 29 heavy (non-hydrogen) atoms. The van der Waals surface area contributed by atoms with Crippen LogP contribution in [0.5, 0.6) is 11.5 Å². The summed E-state index contributed by atoms with van der Waals surface area (Å²) in [6.45, 7) is 4.69. The number of carbonyl (C=O) groups is 1. The molecule has 0 bridgehead atoms. The third-order valence-corrected chi connectivity index (χ3v) is 5.49. The van der Waals surface area contributed by atoms with Gasteiger partial charge in [0.1, 0.15) is 0 Å². The number of sulfonamides is 1. The number of rotatable bonds is 9. The summed E-state index contributed by atoms with van der Waals surface area (Å²) in [5.41, 5.74) is 2.33. The summed E-state index contributed by atoms with van der Waals surface area (Å²) in [5, 5.41) is 0.309. The van der Waals surface area contributed by atoms with Gasteiger partial charge in [-0.3, -0.25) is 10.2 Å². The van der Waals surface area contributed by atoms with E-state index in [0.717, 1.165) is 6.42 Å². The Bertz CT molecular complexity index is 960. The maximum absolute atomic E-state index is 12.4. The van der Waals surface area contributed by atoms with E-state index in [2.05, 4.69) is 19.3 Å². The molecule has 0 aliphatic heterocycles. The smallest absolute Gasteiger partial charge is 0.266 e.